The van der Waals surface area contributed by atoms with Gasteiger partial charge in [0.15, 0.2) is 0 Å². The SMILES string of the molecule is CNCCNCCNCCNCCO. The first kappa shape index (κ1) is 13.8. The molecule has 0 aromatic carbocycles. The highest BCUT2D eigenvalue weighted by Crippen LogP contribution is 1.61. The van der Waals surface area contributed by atoms with Gasteiger partial charge >= 0.3 is 0 Å². The Bertz CT molecular complexity index is 90.8. The van der Waals surface area contributed by atoms with Crippen molar-refractivity contribution in [3.05, 3.63) is 0 Å². The fraction of sp³-hybridized carbons (Fsp3) is 1.00. The number of nitrogens with one attached hydrogen (secondary N) is 4. The van der Waals surface area contributed by atoms with Crippen LogP contribution >= 0.6 is 0 Å². The average molecular weight is 204 g/mol. The first-order chi connectivity index (χ1) is 6.91. The molecule has 0 aromatic rings. The van der Waals surface area contributed by atoms with E-state index in [2.05, 4.69) is 21.3 Å². The molecule has 5 heteroatoms. The van der Waals surface area contributed by atoms with Gasteiger partial charge in [-0.3, -0.25) is 0 Å². The third-order valence-electron chi connectivity index (χ3n) is 1.80. The molecule has 0 saturated heterocycles. The molecule has 0 rings (SSSR count). The van der Waals surface area contributed by atoms with Gasteiger partial charge in [-0.05, 0) is 7.05 Å². The van der Waals surface area contributed by atoms with Crippen LogP contribution in [0.2, 0.25) is 0 Å². The fourth-order valence-electron chi connectivity index (χ4n) is 1.02. The highest BCUT2D eigenvalue weighted by Gasteiger charge is 1.87. The van der Waals surface area contributed by atoms with E-state index in [1.165, 1.54) is 0 Å². The Morgan fingerprint density at radius 1 is 0.714 bits per heavy atom. The molecule has 0 amide bonds. The molecule has 5 nitrogen and oxygen atoms in total. The number of aliphatic hydroxyl groups is 1. The Morgan fingerprint density at radius 2 is 1.14 bits per heavy atom. The standard InChI is InChI=1S/C9H24N4O/c1-10-2-3-11-4-5-12-6-7-13-8-9-14/h10-14H,2-9H2,1H3. The first-order valence-electron chi connectivity index (χ1n) is 5.29. The van der Waals surface area contributed by atoms with Gasteiger partial charge in [-0.25, -0.2) is 0 Å². The van der Waals surface area contributed by atoms with Crippen LogP contribution in [0.15, 0.2) is 0 Å². The van der Waals surface area contributed by atoms with Gasteiger partial charge in [-0.1, -0.05) is 0 Å². The van der Waals surface area contributed by atoms with Crippen molar-refractivity contribution in [3.8, 4) is 0 Å². The predicted octanol–water partition coefficient (Wildman–Crippen LogP) is -2.03. The van der Waals surface area contributed by atoms with E-state index in [-0.39, 0.29) is 6.61 Å². The number of hydrogen-bond acceptors (Lipinski definition) is 5. The molecule has 0 radical (unpaired) electrons. The molecule has 0 heterocycles. The van der Waals surface area contributed by atoms with Crippen molar-refractivity contribution >= 4 is 0 Å². The van der Waals surface area contributed by atoms with Gasteiger partial charge in [0.25, 0.3) is 0 Å². The molecular formula is C9H24N4O. The molecule has 0 saturated carbocycles. The maximum atomic E-state index is 8.49. The van der Waals surface area contributed by atoms with E-state index in [1.807, 2.05) is 7.05 Å². The smallest absolute Gasteiger partial charge is 0.0555 e. The van der Waals surface area contributed by atoms with Gasteiger partial charge in [-0.15, -0.1) is 0 Å². The maximum absolute atomic E-state index is 8.49. The molecule has 0 aliphatic rings. The number of hydrogen-bond donors (Lipinski definition) is 5. The zero-order chi connectivity index (χ0) is 10.5. The molecule has 86 valence electrons. The molecule has 0 aliphatic carbocycles. The van der Waals surface area contributed by atoms with Crippen LogP contribution in [-0.2, 0) is 0 Å². The van der Waals surface area contributed by atoms with Crippen LogP contribution in [0.3, 0.4) is 0 Å². The monoisotopic (exact) mass is 204 g/mol. The Labute approximate surface area is 86.7 Å². The summed E-state index contributed by atoms with van der Waals surface area (Å²) in [5, 5.41) is 21.3. The highest BCUT2D eigenvalue weighted by molar-refractivity contribution is 4.55. The largest absolute Gasteiger partial charge is 0.395 e. The summed E-state index contributed by atoms with van der Waals surface area (Å²) in [5.41, 5.74) is 0. The van der Waals surface area contributed by atoms with Gasteiger partial charge in [0.05, 0.1) is 6.61 Å². The van der Waals surface area contributed by atoms with Crippen molar-refractivity contribution in [2.45, 2.75) is 0 Å². The zero-order valence-electron chi connectivity index (χ0n) is 9.10. The minimum absolute atomic E-state index is 0.214. The minimum atomic E-state index is 0.214. The highest BCUT2D eigenvalue weighted by atomic mass is 16.3. The summed E-state index contributed by atoms with van der Waals surface area (Å²) >= 11 is 0. The summed E-state index contributed by atoms with van der Waals surface area (Å²) in [6.45, 7) is 6.78. The Hall–Kier alpha value is -0.200. The summed E-state index contributed by atoms with van der Waals surface area (Å²) in [4.78, 5) is 0. The van der Waals surface area contributed by atoms with Crippen LogP contribution in [-0.4, -0.2) is 64.6 Å². The molecule has 0 unspecified atom stereocenters. The van der Waals surface area contributed by atoms with Crippen molar-refractivity contribution in [3.63, 3.8) is 0 Å². The summed E-state index contributed by atoms with van der Waals surface area (Å²) < 4.78 is 0. The predicted molar refractivity (Wildman–Crippen MR) is 59.6 cm³/mol. The van der Waals surface area contributed by atoms with Crippen molar-refractivity contribution in [1.82, 2.24) is 21.3 Å². The maximum Gasteiger partial charge on any atom is 0.0555 e. The molecule has 0 aromatic heterocycles. The van der Waals surface area contributed by atoms with Crippen molar-refractivity contribution in [1.29, 1.82) is 0 Å². The second-order valence-corrected chi connectivity index (χ2v) is 3.08. The molecule has 0 aliphatic heterocycles. The van der Waals surface area contributed by atoms with Crippen LogP contribution in [0.4, 0.5) is 0 Å². The first-order valence-corrected chi connectivity index (χ1v) is 5.29. The lowest BCUT2D eigenvalue weighted by Gasteiger charge is -2.06. The lowest BCUT2D eigenvalue weighted by atomic mass is 10.5. The Kier molecular flexibility index (Phi) is 12.6. The third-order valence-corrected chi connectivity index (χ3v) is 1.80. The molecule has 0 bridgehead atoms. The van der Waals surface area contributed by atoms with E-state index in [0.29, 0.717) is 6.54 Å². The summed E-state index contributed by atoms with van der Waals surface area (Å²) in [6, 6.07) is 0. The van der Waals surface area contributed by atoms with Crippen molar-refractivity contribution < 1.29 is 5.11 Å². The second-order valence-electron chi connectivity index (χ2n) is 3.08. The van der Waals surface area contributed by atoms with Crippen LogP contribution in [0.25, 0.3) is 0 Å². The van der Waals surface area contributed by atoms with E-state index in [0.717, 1.165) is 39.3 Å². The van der Waals surface area contributed by atoms with E-state index < -0.39 is 0 Å². The lowest BCUT2D eigenvalue weighted by molar-refractivity contribution is 0.292. The topological polar surface area (TPSA) is 68.3 Å². The quantitative estimate of drug-likeness (QED) is 0.251. The van der Waals surface area contributed by atoms with Gasteiger partial charge in [0.2, 0.25) is 0 Å². The van der Waals surface area contributed by atoms with Crippen LogP contribution < -0.4 is 21.3 Å². The lowest BCUT2D eigenvalue weighted by Crippen LogP contribution is -2.35. The van der Waals surface area contributed by atoms with Crippen LogP contribution in [0.1, 0.15) is 0 Å². The molecule has 0 fully saturated rings. The minimum Gasteiger partial charge on any atom is -0.395 e. The fourth-order valence-corrected chi connectivity index (χ4v) is 1.02. The number of likely N-dealkylation sites (N-methyl/N-ethyl adjacent to an activating group) is 1. The summed E-state index contributed by atoms with van der Waals surface area (Å²) in [5.74, 6) is 0. The van der Waals surface area contributed by atoms with Gasteiger partial charge in [-0.2, -0.15) is 0 Å². The van der Waals surface area contributed by atoms with E-state index in [4.69, 9.17) is 5.11 Å². The normalized spacial score (nSPS) is 10.7. The Balaban J connectivity index is 2.78. The zero-order valence-corrected chi connectivity index (χ0v) is 9.10. The van der Waals surface area contributed by atoms with Gasteiger partial charge < -0.3 is 26.4 Å². The van der Waals surface area contributed by atoms with Crippen molar-refractivity contribution in [2.24, 2.45) is 0 Å². The van der Waals surface area contributed by atoms with Crippen molar-refractivity contribution in [2.75, 3.05) is 59.5 Å². The van der Waals surface area contributed by atoms with Gasteiger partial charge in [0.1, 0.15) is 0 Å². The molecular weight excluding hydrogens is 180 g/mol. The van der Waals surface area contributed by atoms with E-state index in [1.54, 1.807) is 0 Å². The molecule has 0 spiro atoms. The number of aliphatic hydroxyl groups excluding tert-OH is 1. The summed E-state index contributed by atoms with van der Waals surface area (Å²) in [7, 11) is 1.95. The summed E-state index contributed by atoms with van der Waals surface area (Å²) in [6.07, 6.45) is 0. The molecule has 0 atom stereocenters. The average Bonchev–Trinajstić information content (AvgIpc) is 2.21. The third kappa shape index (κ3) is 11.8. The number of rotatable bonds is 11. The van der Waals surface area contributed by atoms with Gasteiger partial charge in [0, 0.05) is 45.8 Å². The second kappa shape index (κ2) is 12.8. The molecule has 14 heavy (non-hydrogen) atoms. The molecule has 5 N–H and O–H groups in total. The Morgan fingerprint density at radius 3 is 1.57 bits per heavy atom. The van der Waals surface area contributed by atoms with Crippen LogP contribution in [0.5, 0.6) is 0 Å². The van der Waals surface area contributed by atoms with E-state index in [9.17, 15) is 0 Å². The van der Waals surface area contributed by atoms with E-state index >= 15 is 0 Å². The van der Waals surface area contributed by atoms with Crippen LogP contribution in [0, 0.1) is 0 Å².